The van der Waals surface area contributed by atoms with Crippen LogP contribution < -0.4 is 5.73 Å². The maximum atomic E-state index is 5.94. The lowest BCUT2D eigenvalue weighted by atomic mass is 10.1. The maximum Gasteiger partial charge on any atom is 0.107 e. The average Bonchev–Trinajstić information content (AvgIpc) is 2.60. The molecule has 2 N–H and O–H groups in total. The highest BCUT2D eigenvalue weighted by atomic mass is 35.5. The molecule has 78 valence electrons. The van der Waals surface area contributed by atoms with Crippen molar-refractivity contribution >= 4 is 22.9 Å². The number of rotatable bonds is 2. The number of halogens is 1. The molecule has 1 heterocycles. The van der Waals surface area contributed by atoms with Crippen LogP contribution in [0, 0.1) is 6.92 Å². The van der Waals surface area contributed by atoms with E-state index in [9.17, 15) is 0 Å². The summed E-state index contributed by atoms with van der Waals surface area (Å²) in [5.41, 5.74) is 7.60. The molecule has 0 bridgehead atoms. The van der Waals surface area contributed by atoms with Gasteiger partial charge in [0.15, 0.2) is 0 Å². The van der Waals surface area contributed by atoms with E-state index in [0.717, 1.165) is 21.3 Å². The van der Waals surface area contributed by atoms with Crippen molar-refractivity contribution in [2.75, 3.05) is 0 Å². The molecule has 0 radical (unpaired) electrons. The molecular formula is C11H11ClN2S. The number of hydrogen-bond donors (Lipinski definition) is 1. The van der Waals surface area contributed by atoms with Gasteiger partial charge in [0.2, 0.25) is 0 Å². The van der Waals surface area contributed by atoms with Crippen LogP contribution in [0.4, 0.5) is 0 Å². The van der Waals surface area contributed by atoms with Crippen molar-refractivity contribution in [1.82, 2.24) is 4.98 Å². The Morgan fingerprint density at radius 1 is 1.47 bits per heavy atom. The Morgan fingerprint density at radius 3 is 2.87 bits per heavy atom. The van der Waals surface area contributed by atoms with Crippen molar-refractivity contribution in [3.05, 3.63) is 39.2 Å². The number of aryl methyl sites for hydroxylation is 1. The van der Waals surface area contributed by atoms with Gasteiger partial charge in [0.05, 0.1) is 5.69 Å². The number of thiazole rings is 1. The summed E-state index contributed by atoms with van der Waals surface area (Å²) in [5, 5.41) is 1.69. The van der Waals surface area contributed by atoms with Crippen LogP contribution in [-0.2, 0) is 6.54 Å². The number of benzene rings is 1. The van der Waals surface area contributed by atoms with Gasteiger partial charge in [-0.1, -0.05) is 23.7 Å². The van der Waals surface area contributed by atoms with Crippen molar-refractivity contribution < 1.29 is 0 Å². The van der Waals surface area contributed by atoms with Gasteiger partial charge in [-0.25, -0.2) is 4.98 Å². The number of nitrogens with zero attached hydrogens (tertiary/aromatic N) is 1. The summed E-state index contributed by atoms with van der Waals surface area (Å²) in [4.78, 5) is 5.65. The second kappa shape index (κ2) is 4.31. The average molecular weight is 239 g/mol. The first kappa shape index (κ1) is 10.6. The van der Waals surface area contributed by atoms with Crippen LogP contribution in [-0.4, -0.2) is 4.98 Å². The number of hydrogen-bond acceptors (Lipinski definition) is 3. The standard InChI is InChI=1S/C11H11ClN2S/c1-7-11(14-10(6-13)15-7)8-3-2-4-9(12)5-8/h2-5H,6,13H2,1H3. The van der Waals surface area contributed by atoms with Crippen molar-refractivity contribution in [2.24, 2.45) is 5.73 Å². The highest BCUT2D eigenvalue weighted by Crippen LogP contribution is 2.28. The molecule has 0 spiro atoms. The van der Waals surface area contributed by atoms with E-state index < -0.39 is 0 Å². The summed E-state index contributed by atoms with van der Waals surface area (Å²) in [6.07, 6.45) is 0. The van der Waals surface area contributed by atoms with Crippen LogP contribution in [0.2, 0.25) is 5.02 Å². The molecule has 0 fully saturated rings. The molecule has 0 aliphatic heterocycles. The van der Waals surface area contributed by atoms with E-state index in [1.807, 2.05) is 31.2 Å². The second-order valence-electron chi connectivity index (χ2n) is 3.23. The molecule has 4 heteroatoms. The quantitative estimate of drug-likeness (QED) is 0.873. The number of aromatic nitrogens is 1. The Labute approximate surface area is 97.7 Å². The monoisotopic (exact) mass is 238 g/mol. The SMILES string of the molecule is Cc1sc(CN)nc1-c1cccc(Cl)c1. The van der Waals surface area contributed by atoms with Crippen LogP contribution in [0.25, 0.3) is 11.3 Å². The third-order valence-corrected chi connectivity index (χ3v) is 3.34. The van der Waals surface area contributed by atoms with E-state index in [2.05, 4.69) is 4.98 Å². The molecule has 2 nitrogen and oxygen atoms in total. The van der Waals surface area contributed by atoms with E-state index in [4.69, 9.17) is 17.3 Å². The molecule has 0 aliphatic rings. The first-order chi connectivity index (χ1) is 7.20. The van der Waals surface area contributed by atoms with E-state index in [1.165, 1.54) is 4.88 Å². The second-order valence-corrected chi connectivity index (χ2v) is 4.95. The predicted octanol–water partition coefficient (Wildman–Crippen LogP) is 3.23. The summed E-state index contributed by atoms with van der Waals surface area (Å²) >= 11 is 7.57. The van der Waals surface area contributed by atoms with Crippen molar-refractivity contribution in [3.8, 4) is 11.3 Å². The van der Waals surface area contributed by atoms with Gasteiger partial charge in [-0.05, 0) is 19.1 Å². The van der Waals surface area contributed by atoms with Crippen LogP contribution in [0.3, 0.4) is 0 Å². The van der Waals surface area contributed by atoms with E-state index >= 15 is 0 Å². The summed E-state index contributed by atoms with van der Waals surface area (Å²) in [6.45, 7) is 2.54. The lowest BCUT2D eigenvalue weighted by Crippen LogP contribution is -1.94. The largest absolute Gasteiger partial charge is 0.325 e. The first-order valence-electron chi connectivity index (χ1n) is 4.63. The smallest absolute Gasteiger partial charge is 0.107 e. The molecule has 0 saturated heterocycles. The van der Waals surface area contributed by atoms with Gasteiger partial charge in [-0.3, -0.25) is 0 Å². The topological polar surface area (TPSA) is 38.9 Å². The zero-order valence-corrected chi connectivity index (χ0v) is 9.90. The summed E-state index contributed by atoms with van der Waals surface area (Å²) in [7, 11) is 0. The molecule has 2 rings (SSSR count). The van der Waals surface area contributed by atoms with Gasteiger partial charge in [0.25, 0.3) is 0 Å². The Hall–Kier alpha value is -0.900. The normalized spacial score (nSPS) is 10.6. The Kier molecular flexibility index (Phi) is 3.05. The molecule has 0 atom stereocenters. The zero-order chi connectivity index (χ0) is 10.8. The molecule has 1 aromatic carbocycles. The third-order valence-electron chi connectivity index (χ3n) is 2.11. The van der Waals surface area contributed by atoms with E-state index in [-0.39, 0.29) is 0 Å². The third kappa shape index (κ3) is 2.20. The predicted molar refractivity (Wildman–Crippen MR) is 65.2 cm³/mol. The van der Waals surface area contributed by atoms with Gasteiger partial charge in [-0.2, -0.15) is 0 Å². The minimum Gasteiger partial charge on any atom is -0.325 e. The molecule has 1 aromatic heterocycles. The minimum atomic E-state index is 0.492. The Balaban J connectivity index is 2.48. The summed E-state index contributed by atoms with van der Waals surface area (Å²) in [5.74, 6) is 0. The summed E-state index contributed by atoms with van der Waals surface area (Å²) < 4.78 is 0. The van der Waals surface area contributed by atoms with Crippen molar-refractivity contribution in [3.63, 3.8) is 0 Å². The van der Waals surface area contributed by atoms with Gasteiger partial charge in [0, 0.05) is 22.0 Å². The first-order valence-corrected chi connectivity index (χ1v) is 5.82. The van der Waals surface area contributed by atoms with Crippen molar-refractivity contribution in [1.29, 1.82) is 0 Å². The summed E-state index contributed by atoms with van der Waals surface area (Å²) in [6, 6.07) is 7.72. The van der Waals surface area contributed by atoms with Crippen molar-refractivity contribution in [2.45, 2.75) is 13.5 Å². The maximum absolute atomic E-state index is 5.94. The fraction of sp³-hybridized carbons (Fsp3) is 0.182. The van der Waals surface area contributed by atoms with Gasteiger partial charge < -0.3 is 5.73 Å². The molecule has 0 saturated carbocycles. The van der Waals surface area contributed by atoms with Crippen LogP contribution in [0.5, 0.6) is 0 Å². The fourth-order valence-electron chi connectivity index (χ4n) is 1.44. The highest BCUT2D eigenvalue weighted by molar-refractivity contribution is 7.12. The van der Waals surface area contributed by atoms with Crippen LogP contribution >= 0.6 is 22.9 Å². The fourth-order valence-corrected chi connectivity index (χ4v) is 2.47. The number of nitrogens with two attached hydrogens (primary N) is 1. The van der Waals surface area contributed by atoms with Crippen LogP contribution in [0.15, 0.2) is 24.3 Å². The van der Waals surface area contributed by atoms with E-state index in [1.54, 1.807) is 11.3 Å². The minimum absolute atomic E-state index is 0.492. The van der Waals surface area contributed by atoms with E-state index in [0.29, 0.717) is 6.54 Å². The Bertz CT molecular complexity index is 479. The lowest BCUT2D eigenvalue weighted by Gasteiger charge is -1.98. The van der Waals surface area contributed by atoms with Gasteiger partial charge in [-0.15, -0.1) is 11.3 Å². The molecular weight excluding hydrogens is 228 g/mol. The molecule has 2 aromatic rings. The Morgan fingerprint density at radius 2 is 2.27 bits per heavy atom. The molecule has 0 unspecified atom stereocenters. The highest BCUT2D eigenvalue weighted by Gasteiger charge is 2.08. The van der Waals surface area contributed by atoms with Gasteiger partial charge in [0.1, 0.15) is 5.01 Å². The zero-order valence-electron chi connectivity index (χ0n) is 8.33. The lowest BCUT2D eigenvalue weighted by molar-refractivity contribution is 1.04. The molecule has 0 amide bonds. The molecule has 15 heavy (non-hydrogen) atoms. The van der Waals surface area contributed by atoms with Crippen LogP contribution in [0.1, 0.15) is 9.88 Å². The molecule has 0 aliphatic carbocycles. The van der Waals surface area contributed by atoms with Gasteiger partial charge >= 0.3 is 0 Å².